The Balaban J connectivity index is 1.88. The second-order valence-electron chi connectivity index (χ2n) is 3.77. The van der Waals surface area contributed by atoms with E-state index in [2.05, 4.69) is 20.4 Å². The van der Waals surface area contributed by atoms with E-state index >= 15 is 0 Å². The number of aliphatic hydroxyl groups excluding tert-OH is 1. The highest BCUT2D eigenvalue weighted by atomic mass is 16.3. The zero-order valence-electron chi connectivity index (χ0n) is 9.56. The van der Waals surface area contributed by atoms with Gasteiger partial charge in [0.05, 0.1) is 25.0 Å². The van der Waals surface area contributed by atoms with E-state index in [0.29, 0.717) is 12.4 Å². The quantitative estimate of drug-likeness (QED) is 0.704. The fourth-order valence-corrected chi connectivity index (χ4v) is 1.73. The molecule has 0 saturated carbocycles. The van der Waals surface area contributed by atoms with Crippen molar-refractivity contribution in [3.8, 4) is 0 Å². The molecule has 0 spiro atoms. The van der Waals surface area contributed by atoms with E-state index in [-0.39, 0.29) is 6.61 Å². The van der Waals surface area contributed by atoms with Crippen LogP contribution in [0.2, 0.25) is 0 Å². The van der Waals surface area contributed by atoms with Crippen LogP contribution < -0.4 is 5.32 Å². The van der Waals surface area contributed by atoms with E-state index in [0.717, 1.165) is 11.3 Å². The first kappa shape index (κ1) is 10.7. The number of nitrogens with zero attached hydrogens (tertiary/aromatic N) is 5. The van der Waals surface area contributed by atoms with Crippen molar-refractivity contribution >= 4 is 17.2 Å². The number of anilines is 2. The van der Waals surface area contributed by atoms with Crippen LogP contribution in [0.1, 0.15) is 0 Å². The number of aliphatic hydroxyl groups is 1. The molecular weight excluding hydrogens is 232 g/mol. The Morgan fingerprint density at radius 2 is 2.06 bits per heavy atom. The second-order valence-corrected chi connectivity index (χ2v) is 3.77. The summed E-state index contributed by atoms with van der Waals surface area (Å²) < 4.78 is 3.54. The highest BCUT2D eigenvalue weighted by molar-refractivity contribution is 5.68. The van der Waals surface area contributed by atoms with Gasteiger partial charge in [0.1, 0.15) is 0 Å². The first-order valence-corrected chi connectivity index (χ1v) is 5.55. The Kier molecular flexibility index (Phi) is 2.66. The van der Waals surface area contributed by atoms with Gasteiger partial charge in [-0.15, -0.1) is 0 Å². The molecule has 7 nitrogen and oxygen atoms in total. The SMILES string of the molecule is OCCn1cc(Nc2nccn3ccnc23)cn1. The van der Waals surface area contributed by atoms with Crippen LogP contribution >= 0.6 is 0 Å². The minimum Gasteiger partial charge on any atom is -0.394 e. The van der Waals surface area contributed by atoms with Gasteiger partial charge >= 0.3 is 0 Å². The highest BCUT2D eigenvalue weighted by Gasteiger charge is 2.05. The molecule has 0 aliphatic carbocycles. The Morgan fingerprint density at radius 1 is 1.22 bits per heavy atom. The predicted molar refractivity (Wildman–Crippen MR) is 65.6 cm³/mol. The van der Waals surface area contributed by atoms with Gasteiger partial charge in [-0.25, -0.2) is 9.97 Å². The number of fused-ring (bicyclic) bond motifs is 1. The molecule has 3 aromatic heterocycles. The van der Waals surface area contributed by atoms with Crippen LogP contribution in [0.4, 0.5) is 11.5 Å². The van der Waals surface area contributed by atoms with E-state index in [1.54, 1.807) is 23.3 Å². The second kappa shape index (κ2) is 4.46. The summed E-state index contributed by atoms with van der Waals surface area (Å²) in [5, 5.41) is 16.1. The summed E-state index contributed by atoms with van der Waals surface area (Å²) in [7, 11) is 0. The molecule has 3 aromatic rings. The first-order chi connectivity index (χ1) is 8.86. The molecule has 18 heavy (non-hydrogen) atoms. The molecule has 0 atom stereocenters. The van der Waals surface area contributed by atoms with Crippen LogP contribution in [0.3, 0.4) is 0 Å². The van der Waals surface area contributed by atoms with Gasteiger partial charge in [0.2, 0.25) is 0 Å². The lowest BCUT2D eigenvalue weighted by atomic mass is 10.5. The normalized spacial score (nSPS) is 10.9. The van der Waals surface area contributed by atoms with Crippen molar-refractivity contribution in [1.29, 1.82) is 0 Å². The number of imidazole rings is 1. The minimum absolute atomic E-state index is 0.0647. The topological polar surface area (TPSA) is 80.3 Å². The molecule has 7 heteroatoms. The molecule has 2 N–H and O–H groups in total. The zero-order valence-corrected chi connectivity index (χ0v) is 9.56. The third-order valence-electron chi connectivity index (χ3n) is 2.54. The average Bonchev–Trinajstić information content (AvgIpc) is 2.99. The number of aromatic nitrogens is 5. The van der Waals surface area contributed by atoms with E-state index in [9.17, 15) is 0 Å². The average molecular weight is 244 g/mol. The summed E-state index contributed by atoms with van der Waals surface area (Å²) in [6, 6.07) is 0. The predicted octanol–water partition coefficient (Wildman–Crippen LogP) is 0.662. The van der Waals surface area contributed by atoms with Gasteiger partial charge < -0.3 is 14.8 Å². The molecule has 0 aromatic carbocycles. The summed E-state index contributed by atoms with van der Waals surface area (Å²) in [4.78, 5) is 8.48. The minimum atomic E-state index is 0.0647. The molecule has 0 amide bonds. The molecular formula is C11H12N6O. The van der Waals surface area contributed by atoms with Crippen molar-refractivity contribution in [1.82, 2.24) is 24.1 Å². The van der Waals surface area contributed by atoms with Crippen molar-refractivity contribution in [2.75, 3.05) is 11.9 Å². The number of rotatable bonds is 4. The maximum atomic E-state index is 8.83. The van der Waals surface area contributed by atoms with Crippen molar-refractivity contribution in [2.24, 2.45) is 0 Å². The van der Waals surface area contributed by atoms with Crippen molar-refractivity contribution in [3.05, 3.63) is 37.2 Å². The monoisotopic (exact) mass is 244 g/mol. The van der Waals surface area contributed by atoms with E-state index in [1.165, 1.54) is 0 Å². The Bertz CT molecular complexity index is 658. The molecule has 0 unspecified atom stereocenters. The van der Waals surface area contributed by atoms with Crippen LogP contribution in [0.25, 0.3) is 5.65 Å². The molecule has 0 radical (unpaired) electrons. The molecule has 0 fully saturated rings. The summed E-state index contributed by atoms with van der Waals surface area (Å²) in [6.45, 7) is 0.540. The van der Waals surface area contributed by atoms with E-state index in [4.69, 9.17) is 5.11 Å². The molecule has 0 aliphatic heterocycles. The Hall–Kier alpha value is -2.41. The first-order valence-electron chi connectivity index (χ1n) is 5.55. The maximum absolute atomic E-state index is 8.83. The fourth-order valence-electron chi connectivity index (χ4n) is 1.73. The Morgan fingerprint density at radius 3 is 2.89 bits per heavy atom. The third kappa shape index (κ3) is 1.91. The smallest absolute Gasteiger partial charge is 0.180 e. The van der Waals surface area contributed by atoms with Gasteiger partial charge in [-0.3, -0.25) is 4.68 Å². The van der Waals surface area contributed by atoms with E-state index < -0.39 is 0 Å². The molecule has 0 bridgehead atoms. The third-order valence-corrected chi connectivity index (χ3v) is 2.54. The van der Waals surface area contributed by atoms with Gasteiger partial charge in [0.25, 0.3) is 0 Å². The van der Waals surface area contributed by atoms with Gasteiger partial charge in [-0.05, 0) is 0 Å². The number of hydrogen-bond donors (Lipinski definition) is 2. The van der Waals surface area contributed by atoms with Crippen LogP contribution in [-0.4, -0.2) is 35.9 Å². The summed E-state index contributed by atoms with van der Waals surface area (Å²) in [6.07, 6.45) is 10.6. The number of hydrogen-bond acceptors (Lipinski definition) is 5. The maximum Gasteiger partial charge on any atom is 0.180 e. The molecule has 92 valence electrons. The molecule has 0 aliphatic rings. The van der Waals surface area contributed by atoms with Crippen LogP contribution in [-0.2, 0) is 6.54 Å². The van der Waals surface area contributed by atoms with Crippen LogP contribution in [0.15, 0.2) is 37.2 Å². The van der Waals surface area contributed by atoms with Gasteiger partial charge in [-0.2, -0.15) is 5.10 Å². The standard InChI is InChI=1S/C11H12N6O/c18-6-5-17-8-9(7-14-17)15-10-11-13-2-4-16(11)3-1-12-10/h1-4,7-8,18H,5-6H2,(H,12,15). The van der Waals surface area contributed by atoms with Gasteiger partial charge in [0, 0.05) is 31.0 Å². The van der Waals surface area contributed by atoms with Crippen LogP contribution in [0, 0.1) is 0 Å². The van der Waals surface area contributed by atoms with Crippen molar-refractivity contribution in [2.45, 2.75) is 6.54 Å². The van der Waals surface area contributed by atoms with Crippen LogP contribution in [0.5, 0.6) is 0 Å². The molecule has 3 heterocycles. The lowest BCUT2D eigenvalue weighted by Gasteiger charge is -2.03. The summed E-state index contributed by atoms with van der Waals surface area (Å²) in [5.41, 5.74) is 1.57. The lowest BCUT2D eigenvalue weighted by Crippen LogP contribution is -2.01. The zero-order chi connectivity index (χ0) is 12.4. The summed E-state index contributed by atoms with van der Waals surface area (Å²) >= 11 is 0. The largest absolute Gasteiger partial charge is 0.394 e. The van der Waals surface area contributed by atoms with Crippen molar-refractivity contribution in [3.63, 3.8) is 0 Å². The fraction of sp³-hybridized carbons (Fsp3) is 0.182. The molecule has 0 saturated heterocycles. The Labute approximate surface area is 103 Å². The highest BCUT2D eigenvalue weighted by Crippen LogP contribution is 2.17. The lowest BCUT2D eigenvalue weighted by molar-refractivity contribution is 0.269. The van der Waals surface area contributed by atoms with Gasteiger partial charge in [-0.1, -0.05) is 0 Å². The molecule has 3 rings (SSSR count). The van der Waals surface area contributed by atoms with Gasteiger partial charge in [0.15, 0.2) is 11.5 Å². The van der Waals surface area contributed by atoms with Crippen molar-refractivity contribution < 1.29 is 5.11 Å². The van der Waals surface area contributed by atoms with E-state index in [1.807, 2.05) is 23.0 Å². The summed E-state index contributed by atoms with van der Waals surface area (Å²) in [5.74, 6) is 0.672. The number of nitrogens with one attached hydrogen (secondary N) is 1.